The molecule has 0 aliphatic carbocycles. The second-order valence-corrected chi connectivity index (χ2v) is 5.87. The normalized spacial score (nSPS) is 10.2. The number of carbonyl (C=O) groups excluding carboxylic acids is 2. The molecule has 2 amide bonds. The molecule has 0 aromatic heterocycles. The molecule has 5 heteroatoms. The highest BCUT2D eigenvalue weighted by molar-refractivity contribution is 5.94. The summed E-state index contributed by atoms with van der Waals surface area (Å²) in [6, 6.07) is 13.2. The molecule has 2 rings (SSSR count). The van der Waals surface area contributed by atoms with Gasteiger partial charge in [0.05, 0.1) is 13.0 Å². The molecule has 0 bridgehead atoms. The molecule has 132 valence electrons. The molecule has 0 radical (unpaired) electrons. The van der Waals surface area contributed by atoms with E-state index in [1.54, 1.807) is 6.07 Å². The monoisotopic (exact) mass is 340 g/mol. The predicted octanol–water partition coefficient (Wildman–Crippen LogP) is 3.92. The van der Waals surface area contributed by atoms with Gasteiger partial charge in [-0.3, -0.25) is 9.59 Å². The lowest BCUT2D eigenvalue weighted by molar-refractivity contribution is -0.116. The molecule has 5 nitrogen and oxygen atoms in total. The highest BCUT2D eigenvalue weighted by Crippen LogP contribution is 2.22. The first-order chi connectivity index (χ1) is 12.0. The Morgan fingerprint density at radius 3 is 2.40 bits per heavy atom. The van der Waals surface area contributed by atoms with Crippen LogP contribution in [0.15, 0.2) is 42.5 Å². The van der Waals surface area contributed by atoms with Gasteiger partial charge in [0.15, 0.2) is 0 Å². The SMILES string of the molecule is CCc1ccc(NC(C)=O)cc1NC(=O)CCOc1ccc(C)cc1. The van der Waals surface area contributed by atoms with E-state index in [0.29, 0.717) is 18.0 Å². The smallest absolute Gasteiger partial charge is 0.227 e. The molecule has 2 N–H and O–H groups in total. The zero-order chi connectivity index (χ0) is 18.2. The van der Waals surface area contributed by atoms with Crippen molar-refractivity contribution in [3.8, 4) is 5.75 Å². The summed E-state index contributed by atoms with van der Waals surface area (Å²) in [7, 11) is 0. The van der Waals surface area contributed by atoms with Gasteiger partial charge < -0.3 is 15.4 Å². The summed E-state index contributed by atoms with van der Waals surface area (Å²) in [4.78, 5) is 23.4. The molecule has 0 aliphatic heterocycles. The maximum atomic E-state index is 12.2. The Kier molecular flexibility index (Phi) is 6.57. The fraction of sp³-hybridized carbons (Fsp3) is 0.300. The van der Waals surface area contributed by atoms with Crippen molar-refractivity contribution in [1.29, 1.82) is 0 Å². The van der Waals surface area contributed by atoms with Gasteiger partial charge in [0.25, 0.3) is 0 Å². The number of rotatable bonds is 7. The van der Waals surface area contributed by atoms with Crippen molar-refractivity contribution in [2.75, 3.05) is 17.2 Å². The molecule has 0 atom stereocenters. The Morgan fingerprint density at radius 1 is 1.04 bits per heavy atom. The largest absolute Gasteiger partial charge is 0.493 e. The van der Waals surface area contributed by atoms with Gasteiger partial charge in [-0.25, -0.2) is 0 Å². The van der Waals surface area contributed by atoms with Gasteiger partial charge in [-0.2, -0.15) is 0 Å². The third-order valence-corrected chi connectivity index (χ3v) is 3.70. The first-order valence-corrected chi connectivity index (χ1v) is 8.37. The van der Waals surface area contributed by atoms with Crippen LogP contribution in [-0.4, -0.2) is 18.4 Å². The molecule has 25 heavy (non-hydrogen) atoms. The van der Waals surface area contributed by atoms with Gasteiger partial charge in [0, 0.05) is 18.3 Å². The number of benzene rings is 2. The van der Waals surface area contributed by atoms with Crippen LogP contribution in [-0.2, 0) is 16.0 Å². The van der Waals surface area contributed by atoms with E-state index < -0.39 is 0 Å². The molecule has 0 aliphatic rings. The summed E-state index contributed by atoms with van der Waals surface area (Å²) in [6.07, 6.45) is 1.04. The van der Waals surface area contributed by atoms with E-state index in [1.165, 1.54) is 6.92 Å². The van der Waals surface area contributed by atoms with Crippen LogP contribution in [0.4, 0.5) is 11.4 Å². The number of hydrogen-bond donors (Lipinski definition) is 2. The number of carbonyl (C=O) groups is 2. The van der Waals surface area contributed by atoms with E-state index in [0.717, 1.165) is 23.3 Å². The molecule has 0 heterocycles. The third-order valence-electron chi connectivity index (χ3n) is 3.70. The maximum absolute atomic E-state index is 12.2. The predicted molar refractivity (Wildman–Crippen MR) is 100 cm³/mol. The van der Waals surface area contributed by atoms with Gasteiger partial charge in [0.1, 0.15) is 5.75 Å². The van der Waals surface area contributed by atoms with Crippen LogP contribution in [0.3, 0.4) is 0 Å². The fourth-order valence-electron chi connectivity index (χ4n) is 2.39. The molecule has 0 spiro atoms. The minimum absolute atomic E-state index is 0.123. The molecule has 2 aromatic rings. The van der Waals surface area contributed by atoms with E-state index in [1.807, 2.05) is 50.2 Å². The Morgan fingerprint density at radius 2 is 1.76 bits per heavy atom. The van der Waals surface area contributed by atoms with Crippen molar-refractivity contribution in [1.82, 2.24) is 0 Å². The molecule has 0 saturated heterocycles. The number of anilines is 2. The lowest BCUT2D eigenvalue weighted by Crippen LogP contribution is -2.16. The van der Waals surface area contributed by atoms with E-state index in [-0.39, 0.29) is 18.2 Å². The van der Waals surface area contributed by atoms with Gasteiger partial charge in [-0.05, 0) is 43.2 Å². The molecular weight excluding hydrogens is 316 g/mol. The summed E-state index contributed by atoms with van der Waals surface area (Å²) in [5.41, 5.74) is 3.56. The van der Waals surface area contributed by atoms with Crippen molar-refractivity contribution in [3.63, 3.8) is 0 Å². The summed E-state index contributed by atoms with van der Waals surface area (Å²) in [5, 5.41) is 5.62. The zero-order valence-corrected chi connectivity index (χ0v) is 14.9. The van der Waals surface area contributed by atoms with Crippen LogP contribution in [0.1, 0.15) is 31.4 Å². The summed E-state index contributed by atoms with van der Waals surface area (Å²) in [5.74, 6) is 0.482. The highest BCUT2D eigenvalue weighted by atomic mass is 16.5. The lowest BCUT2D eigenvalue weighted by Gasteiger charge is -2.13. The minimum Gasteiger partial charge on any atom is -0.493 e. The average Bonchev–Trinajstić information content (AvgIpc) is 2.56. The highest BCUT2D eigenvalue weighted by Gasteiger charge is 2.08. The van der Waals surface area contributed by atoms with E-state index in [2.05, 4.69) is 10.6 Å². The van der Waals surface area contributed by atoms with Crippen molar-refractivity contribution >= 4 is 23.2 Å². The molecule has 0 saturated carbocycles. The molecule has 0 unspecified atom stereocenters. The standard InChI is InChI=1S/C20H24N2O3/c1-4-16-7-8-17(21-15(3)23)13-19(16)22-20(24)11-12-25-18-9-5-14(2)6-10-18/h5-10,13H,4,11-12H2,1-3H3,(H,21,23)(H,22,24). The van der Waals surface area contributed by atoms with Gasteiger partial charge in [-0.1, -0.05) is 30.7 Å². The van der Waals surface area contributed by atoms with E-state index in [9.17, 15) is 9.59 Å². The Labute approximate surface area is 148 Å². The number of amides is 2. The number of hydrogen-bond acceptors (Lipinski definition) is 3. The lowest BCUT2D eigenvalue weighted by atomic mass is 10.1. The van der Waals surface area contributed by atoms with Crippen molar-refractivity contribution in [2.24, 2.45) is 0 Å². The molecule has 0 fully saturated rings. The second-order valence-electron chi connectivity index (χ2n) is 5.87. The first kappa shape index (κ1) is 18.5. The van der Waals surface area contributed by atoms with Gasteiger partial charge >= 0.3 is 0 Å². The molecular formula is C20H24N2O3. The van der Waals surface area contributed by atoms with Crippen molar-refractivity contribution < 1.29 is 14.3 Å². The van der Waals surface area contributed by atoms with Crippen LogP contribution in [0.5, 0.6) is 5.75 Å². The number of nitrogens with one attached hydrogen (secondary N) is 2. The fourth-order valence-corrected chi connectivity index (χ4v) is 2.39. The maximum Gasteiger partial charge on any atom is 0.227 e. The van der Waals surface area contributed by atoms with Gasteiger partial charge in [-0.15, -0.1) is 0 Å². The van der Waals surface area contributed by atoms with Crippen molar-refractivity contribution in [2.45, 2.75) is 33.6 Å². The van der Waals surface area contributed by atoms with E-state index >= 15 is 0 Å². The first-order valence-electron chi connectivity index (χ1n) is 8.37. The second kappa shape index (κ2) is 8.87. The number of ether oxygens (including phenoxy) is 1. The quantitative estimate of drug-likeness (QED) is 0.803. The average molecular weight is 340 g/mol. The van der Waals surface area contributed by atoms with Gasteiger partial charge in [0.2, 0.25) is 11.8 Å². The van der Waals surface area contributed by atoms with E-state index in [4.69, 9.17) is 4.74 Å². The Hall–Kier alpha value is -2.82. The van der Waals surface area contributed by atoms with Crippen LogP contribution in [0.2, 0.25) is 0 Å². The Bertz CT molecular complexity index is 739. The van der Waals surface area contributed by atoms with Crippen LogP contribution >= 0.6 is 0 Å². The number of aryl methyl sites for hydroxylation is 2. The van der Waals surface area contributed by atoms with Crippen LogP contribution < -0.4 is 15.4 Å². The minimum atomic E-state index is -0.145. The van der Waals surface area contributed by atoms with Crippen LogP contribution in [0.25, 0.3) is 0 Å². The van der Waals surface area contributed by atoms with Crippen LogP contribution in [0, 0.1) is 6.92 Å². The summed E-state index contributed by atoms with van der Waals surface area (Å²) >= 11 is 0. The topological polar surface area (TPSA) is 67.4 Å². The third kappa shape index (κ3) is 5.95. The van der Waals surface area contributed by atoms with Crippen molar-refractivity contribution in [3.05, 3.63) is 53.6 Å². The zero-order valence-electron chi connectivity index (χ0n) is 14.9. The Balaban J connectivity index is 1.92. The molecule has 2 aromatic carbocycles. The summed E-state index contributed by atoms with van der Waals surface area (Å²) < 4.78 is 5.58. The summed E-state index contributed by atoms with van der Waals surface area (Å²) in [6.45, 7) is 5.79.